The van der Waals surface area contributed by atoms with E-state index in [4.69, 9.17) is 9.84 Å². The van der Waals surface area contributed by atoms with Gasteiger partial charge >= 0.3 is 0 Å². The molecule has 0 aromatic carbocycles. The van der Waals surface area contributed by atoms with E-state index in [2.05, 4.69) is 25.2 Å². The van der Waals surface area contributed by atoms with Crippen LogP contribution in [0, 0.1) is 0 Å². The Hall–Kier alpha value is -1.96. The standard InChI is InChI=1S/C24H38O2/c1-3-5-6-7-8-9-10-11-12-13-14-15-16-17-18-19-20-21-22-24(23-25)26-4-2/h13-23,25H,3-12H2,1-2H3/b14-13+,16-15-,18-17-,20-19+,22-21+,24-23-. The number of hydrogen-bond acceptors (Lipinski definition) is 2. The fraction of sp³-hybridized carbons (Fsp3) is 0.500. The molecule has 2 nitrogen and oxygen atoms in total. The first-order valence-electron chi connectivity index (χ1n) is 10.2. The van der Waals surface area contributed by atoms with E-state index in [-0.39, 0.29) is 0 Å². The van der Waals surface area contributed by atoms with Crippen molar-refractivity contribution in [1.82, 2.24) is 0 Å². The summed E-state index contributed by atoms with van der Waals surface area (Å²) in [5.74, 6) is 0.461. The van der Waals surface area contributed by atoms with Crippen molar-refractivity contribution >= 4 is 0 Å². The van der Waals surface area contributed by atoms with Crippen molar-refractivity contribution < 1.29 is 9.84 Å². The Bertz CT molecular complexity index is 465. The number of unbranched alkanes of at least 4 members (excludes halogenated alkanes) is 8. The van der Waals surface area contributed by atoms with E-state index in [1.165, 1.54) is 57.8 Å². The van der Waals surface area contributed by atoms with Crippen LogP contribution in [-0.4, -0.2) is 11.7 Å². The molecule has 0 saturated carbocycles. The summed E-state index contributed by atoms with van der Waals surface area (Å²) in [4.78, 5) is 0. The molecule has 0 atom stereocenters. The van der Waals surface area contributed by atoms with Gasteiger partial charge in [-0.15, -0.1) is 0 Å². The Labute approximate surface area is 161 Å². The smallest absolute Gasteiger partial charge is 0.153 e. The monoisotopic (exact) mass is 358 g/mol. The molecule has 0 radical (unpaired) electrons. The topological polar surface area (TPSA) is 29.5 Å². The van der Waals surface area contributed by atoms with Crippen molar-refractivity contribution in [3.63, 3.8) is 0 Å². The molecule has 0 bridgehead atoms. The van der Waals surface area contributed by atoms with Crippen molar-refractivity contribution in [2.24, 2.45) is 0 Å². The molecule has 0 saturated heterocycles. The van der Waals surface area contributed by atoms with Gasteiger partial charge in [-0.3, -0.25) is 0 Å². The maximum absolute atomic E-state index is 8.91. The molecule has 0 spiro atoms. The molecule has 0 rings (SSSR count). The van der Waals surface area contributed by atoms with Gasteiger partial charge in [-0.25, -0.2) is 0 Å². The predicted octanol–water partition coefficient (Wildman–Crippen LogP) is 7.73. The Balaban J connectivity index is 3.64. The average molecular weight is 359 g/mol. The van der Waals surface area contributed by atoms with E-state index in [9.17, 15) is 0 Å². The number of rotatable bonds is 16. The van der Waals surface area contributed by atoms with Crippen LogP contribution in [0.1, 0.15) is 71.6 Å². The summed E-state index contributed by atoms with van der Waals surface area (Å²) in [6.45, 7) is 4.69. The molecule has 0 aliphatic rings. The van der Waals surface area contributed by atoms with Crippen molar-refractivity contribution in [2.75, 3.05) is 6.61 Å². The van der Waals surface area contributed by atoms with Gasteiger partial charge in [0.2, 0.25) is 0 Å². The minimum Gasteiger partial charge on any atom is -0.512 e. The van der Waals surface area contributed by atoms with Gasteiger partial charge in [0, 0.05) is 0 Å². The van der Waals surface area contributed by atoms with Gasteiger partial charge in [-0.1, -0.05) is 107 Å². The third-order valence-electron chi connectivity index (χ3n) is 3.84. The normalized spacial score (nSPS) is 13.4. The summed E-state index contributed by atoms with van der Waals surface area (Å²) in [6, 6.07) is 0. The summed E-state index contributed by atoms with van der Waals surface area (Å²) in [5, 5.41) is 8.91. The third kappa shape index (κ3) is 18.4. The van der Waals surface area contributed by atoms with Crippen molar-refractivity contribution in [1.29, 1.82) is 0 Å². The summed E-state index contributed by atoms with van der Waals surface area (Å²) in [6.07, 6.45) is 32.9. The Morgan fingerprint density at radius 2 is 1.23 bits per heavy atom. The lowest BCUT2D eigenvalue weighted by atomic mass is 10.1. The number of hydrogen-bond donors (Lipinski definition) is 1. The zero-order valence-corrected chi connectivity index (χ0v) is 16.8. The highest BCUT2D eigenvalue weighted by molar-refractivity contribution is 5.20. The molecule has 0 unspecified atom stereocenters. The zero-order chi connectivity index (χ0) is 19.1. The van der Waals surface area contributed by atoms with Gasteiger partial charge in [0.15, 0.2) is 5.76 Å². The molecule has 0 amide bonds. The first kappa shape index (κ1) is 24.0. The van der Waals surface area contributed by atoms with Gasteiger partial charge in [0.1, 0.15) is 6.26 Å². The highest BCUT2D eigenvalue weighted by Gasteiger charge is 1.90. The lowest BCUT2D eigenvalue weighted by Crippen LogP contribution is -1.87. The minimum atomic E-state index is 0.461. The zero-order valence-electron chi connectivity index (χ0n) is 16.8. The van der Waals surface area contributed by atoms with Crippen LogP contribution >= 0.6 is 0 Å². The fourth-order valence-corrected chi connectivity index (χ4v) is 2.40. The lowest BCUT2D eigenvalue weighted by molar-refractivity contribution is 0.229. The summed E-state index contributed by atoms with van der Waals surface area (Å²) < 4.78 is 5.18. The quantitative estimate of drug-likeness (QED) is 0.174. The number of aliphatic hydroxyl groups is 1. The van der Waals surface area contributed by atoms with E-state index in [0.29, 0.717) is 12.4 Å². The second-order valence-electron chi connectivity index (χ2n) is 6.17. The van der Waals surface area contributed by atoms with Crippen molar-refractivity contribution in [3.8, 4) is 0 Å². The van der Waals surface area contributed by atoms with Crippen LogP contribution in [0.2, 0.25) is 0 Å². The first-order chi connectivity index (χ1) is 12.8. The van der Waals surface area contributed by atoms with Gasteiger partial charge in [0.25, 0.3) is 0 Å². The molecule has 0 aliphatic carbocycles. The summed E-state index contributed by atoms with van der Waals surface area (Å²) >= 11 is 0. The van der Waals surface area contributed by atoms with Gasteiger partial charge in [-0.05, 0) is 25.8 Å². The molecule has 0 heterocycles. The molecule has 26 heavy (non-hydrogen) atoms. The van der Waals surface area contributed by atoms with Crippen LogP contribution in [-0.2, 0) is 4.74 Å². The maximum Gasteiger partial charge on any atom is 0.153 e. The van der Waals surface area contributed by atoms with Crippen LogP contribution in [0.25, 0.3) is 0 Å². The number of ether oxygens (including phenoxy) is 1. The van der Waals surface area contributed by atoms with Gasteiger partial charge in [-0.2, -0.15) is 0 Å². The van der Waals surface area contributed by atoms with Crippen LogP contribution in [0.15, 0.2) is 72.8 Å². The minimum absolute atomic E-state index is 0.461. The van der Waals surface area contributed by atoms with Crippen LogP contribution in [0.3, 0.4) is 0 Å². The molecule has 2 heteroatoms. The van der Waals surface area contributed by atoms with Crippen molar-refractivity contribution in [3.05, 3.63) is 72.8 Å². The van der Waals surface area contributed by atoms with E-state index in [0.717, 1.165) is 6.26 Å². The maximum atomic E-state index is 8.91. The highest BCUT2D eigenvalue weighted by Crippen LogP contribution is 2.09. The van der Waals surface area contributed by atoms with Gasteiger partial charge < -0.3 is 9.84 Å². The van der Waals surface area contributed by atoms with E-state index >= 15 is 0 Å². The third-order valence-corrected chi connectivity index (χ3v) is 3.84. The molecular formula is C24H38O2. The van der Waals surface area contributed by atoms with Crippen LogP contribution in [0.5, 0.6) is 0 Å². The molecular weight excluding hydrogens is 320 g/mol. The molecule has 146 valence electrons. The Morgan fingerprint density at radius 1 is 0.692 bits per heavy atom. The predicted molar refractivity (Wildman–Crippen MR) is 115 cm³/mol. The molecule has 1 N–H and O–H groups in total. The van der Waals surface area contributed by atoms with Gasteiger partial charge in [0.05, 0.1) is 6.61 Å². The molecule has 0 aromatic rings. The number of allylic oxidation sites excluding steroid dienone is 10. The number of aliphatic hydroxyl groups excluding tert-OH is 1. The van der Waals surface area contributed by atoms with Crippen molar-refractivity contribution in [2.45, 2.75) is 71.6 Å². The van der Waals surface area contributed by atoms with Crippen LogP contribution < -0.4 is 0 Å². The SMILES string of the molecule is CCCCCCCCCC/C=C/C=C\C=C/C=C/C=C/C(=C/O)OCC. The van der Waals surface area contributed by atoms with Crippen LogP contribution in [0.4, 0.5) is 0 Å². The largest absolute Gasteiger partial charge is 0.512 e. The average Bonchev–Trinajstić information content (AvgIpc) is 2.66. The second-order valence-corrected chi connectivity index (χ2v) is 6.17. The summed E-state index contributed by atoms with van der Waals surface area (Å²) in [7, 11) is 0. The fourth-order valence-electron chi connectivity index (χ4n) is 2.40. The Morgan fingerprint density at radius 3 is 1.81 bits per heavy atom. The van der Waals surface area contributed by atoms with E-state index in [1.807, 2.05) is 43.4 Å². The second kappa shape index (κ2) is 21.1. The molecule has 0 fully saturated rings. The molecule has 0 aliphatic heterocycles. The first-order valence-corrected chi connectivity index (χ1v) is 10.2. The summed E-state index contributed by atoms with van der Waals surface area (Å²) in [5.41, 5.74) is 0. The highest BCUT2D eigenvalue weighted by atomic mass is 16.5. The molecule has 0 aromatic heterocycles. The lowest BCUT2D eigenvalue weighted by Gasteiger charge is -1.99. The van der Waals surface area contributed by atoms with E-state index < -0.39 is 0 Å². The van der Waals surface area contributed by atoms with E-state index in [1.54, 1.807) is 6.08 Å². The Kier molecular flexibility index (Phi) is 19.5.